The number of halogens is 1. The van der Waals surface area contributed by atoms with Crippen molar-refractivity contribution >= 4 is 36.4 Å². The van der Waals surface area contributed by atoms with Gasteiger partial charge in [0.15, 0.2) is 0 Å². The molecule has 0 heterocycles. The molecule has 2 nitrogen and oxygen atoms in total. The second-order valence-electron chi connectivity index (χ2n) is 3.47. The van der Waals surface area contributed by atoms with Gasteiger partial charge in [-0.1, -0.05) is 0 Å². The Bertz CT molecular complexity index is 142. The fourth-order valence-corrected chi connectivity index (χ4v) is 3.90. The van der Waals surface area contributed by atoms with E-state index in [1.807, 2.05) is 20.8 Å². The van der Waals surface area contributed by atoms with Gasteiger partial charge in [0.25, 0.3) is 0 Å². The van der Waals surface area contributed by atoms with Crippen molar-refractivity contribution in [3.63, 3.8) is 0 Å². The Labute approximate surface area is 89.2 Å². The molecule has 0 aromatic heterocycles. The summed E-state index contributed by atoms with van der Waals surface area (Å²) in [5.74, 6) is 0. The van der Waals surface area contributed by atoms with E-state index in [9.17, 15) is 4.79 Å². The molecule has 72 valence electrons. The first-order chi connectivity index (χ1) is 5.45. The summed E-state index contributed by atoms with van der Waals surface area (Å²) in [5, 5.41) is 2.01. The van der Waals surface area contributed by atoms with Crippen LogP contribution in [-0.2, 0) is 4.74 Å². The van der Waals surface area contributed by atoms with E-state index in [-0.39, 0.29) is 10.4 Å². The number of carbonyl (C=O) groups is 1. The van der Waals surface area contributed by atoms with E-state index in [0.29, 0.717) is 0 Å². The van der Waals surface area contributed by atoms with Crippen LogP contribution in [0.25, 0.3) is 0 Å². The molecule has 0 N–H and O–H groups in total. The average molecular weight is 299 g/mol. The van der Waals surface area contributed by atoms with Crippen molar-refractivity contribution in [2.24, 2.45) is 0 Å². The molecule has 0 spiro atoms. The van der Waals surface area contributed by atoms with Crippen molar-refractivity contribution in [1.82, 2.24) is 0 Å². The summed E-state index contributed by atoms with van der Waals surface area (Å²) in [5.41, 5.74) is -0.311. The average Bonchev–Trinajstić information content (AvgIpc) is 1.84. The number of rotatable bonds is 4. The molecule has 0 saturated heterocycles. The van der Waals surface area contributed by atoms with Crippen LogP contribution in [0.5, 0.6) is 0 Å². The summed E-state index contributed by atoms with van der Waals surface area (Å²) in [6.07, 6.45) is 1.08. The van der Waals surface area contributed by atoms with Crippen LogP contribution >= 0.6 is 15.9 Å². The van der Waals surface area contributed by atoms with Gasteiger partial charge in [-0.25, -0.2) is 0 Å². The minimum atomic E-state index is -0.529. The molecular weight excluding hydrogens is 283 g/mol. The topological polar surface area (TPSA) is 26.3 Å². The van der Waals surface area contributed by atoms with Gasteiger partial charge in [-0.15, -0.1) is 0 Å². The molecule has 0 aliphatic carbocycles. The number of ether oxygens (including phenoxy) is 1. The maximum atomic E-state index is 11.2. The summed E-state index contributed by atoms with van der Waals surface area (Å²) in [6, 6.07) is 0. The predicted molar refractivity (Wildman–Crippen MR) is 56.6 cm³/mol. The van der Waals surface area contributed by atoms with E-state index in [1.54, 1.807) is 0 Å². The number of hydrogen-bond donors (Lipinski definition) is 0. The van der Waals surface area contributed by atoms with Gasteiger partial charge in [-0.3, -0.25) is 0 Å². The number of hydrogen-bond acceptors (Lipinski definition) is 2. The summed E-state index contributed by atoms with van der Waals surface area (Å²) in [7, 11) is 0. The van der Waals surface area contributed by atoms with E-state index in [4.69, 9.17) is 4.74 Å². The fraction of sp³-hybridized carbons (Fsp3) is 0.875. The van der Waals surface area contributed by atoms with E-state index >= 15 is 0 Å². The van der Waals surface area contributed by atoms with Crippen molar-refractivity contribution < 1.29 is 9.53 Å². The van der Waals surface area contributed by atoms with Gasteiger partial charge in [0.05, 0.1) is 0 Å². The zero-order valence-electron chi connectivity index (χ0n) is 7.82. The maximum absolute atomic E-state index is 11.2. The molecule has 0 rings (SSSR count). The summed E-state index contributed by atoms with van der Waals surface area (Å²) in [6.45, 7) is 5.71. The number of alkyl halides is 1. The molecule has 0 aromatic rings. The molecule has 0 aromatic carbocycles. The molecule has 12 heavy (non-hydrogen) atoms. The van der Waals surface area contributed by atoms with Gasteiger partial charge in [0.2, 0.25) is 0 Å². The fourth-order valence-electron chi connectivity index (χ4n) is 0.571. The van der Waals surface area contributed by atoms with Gasteiger partial charge < -0.3 is 0 Å². The molecule has 1 unspecified atom stereocenters. The van der Waals surface area contributed by atoms with Crippen LogP contribution in [0.1, 0.15) is 27.2 Å². The first-order valence-electron chi connectivity index (χ1n) is 3.98. The molecule has 1 atom stereocenters. The van der Waals surface area contributed by atoms with Crippen LogP contribution in [0.3, 0.4) is 0 Å². The normalized spacial score (nSPS) is 12.3. The van der Waals surface area contributed by atoms with Crippen LogP contribution in [0.15, 0.2) is 0 Å². The third-order valence-electron chi connectivity index (χ3n) is 0.979. The summed E-state index contributed by atoms with van der Waals surface area (Å²) >= 11 is 2.80. The van der Waals surface area contributed by atoms with E-state index < -0.39 is 15.8 Å². The van der Waals surface area contributed by atoms with Crippen LogP contribution < -0.4 is 0 Å². The third kappa shape index (κ3) is 8.60. The monoisotopic (exact) mass is 298 g/mol. The quantitative estimate of drug-likeness (QED) is 0.453. The molecule has 0 radical (unpaired) electrons. The van der Waals surface area contributed by atoms with E-state index in [2.05, 4.69) is 15.9 Å². The van der Waals surface area contributed by atoms with Crippen molar-refractivity contribution in [1.29, 1.82) is 0 Å². The first kappa shape index (κ1) is 12.5. The van der Waals surface area contributed by atoms with E-state index in [1.165, 1.54) is 0 Å². The Kier molecular flexibility index (Phi) is 6.29. The van der Waals surface area contributed by atoms with Gasteiger partial charge in [0, 0.05) is 0 Å². The third-order valence-corrected chi connectivity index (χ3v) is 3.63. The molecule has 0 fully saturated rings. The van der Waals surface area contributed by atoms with Crippen LogP contribution in [0, 0.1) is 0 Å². The van der Waals surface area contributed by atoms with Crippen molar-refractivity contribution in [2.45, 2.75) is 38.0 Å². The van der Waals surface area contributed by atoms with Gasteiger partial charge in [-0.05, 0) is 0 Å². The standard InChI is InChI=1S/C8H16AsBrO2/c1-8(2,3)12-7(11)9-5-4-6-10/h9H,4-6H2,1-3H3. The second kappa shape index (κ2) is 6.04. The molecule has 0 amide bonds. The molecule has 4 heteroatoms. The van der Waals surface area contributed by atoms with Crippen LogP contribution in [0.4, 0.5) is 4.79 Å². The van der Waals surface area contributed by atoms with Crippen molar-refractivity contribution in [3.05, 3.63) is 0 Å². The Morgan fingerprint density at radius 1 is 1.50 bits per heavy atom. The minimum absolute atomic E-state index is 0.0310. The Hall–Kier alpha value is 0.508. The summed E-state index contributed by atoms with van der Waals surface area (Å²) in [4.78, 5) is 11.2. The zero-order chi connectivity index (χ0) is 9.61. The SMILES string of the molecule is CC(C)(C)OC(=O)[AsH]CCCBr. The zero-order valence-corrected chi connectivity index (χ0v) is 11.5. The molecule has 0 saturated carbocycles. The van der Waals surface area contributed by atoms with Gasteiger partial charge >= 0.3 is 89.3 Å². The van der Waals surface area contributed by atoms with Crippen LogP contribution in [-0.4, -0.2) is 31.4 Å². The van der Waals surface area contributed by atoms with Gasteiger partial charge in [-0.2, -0.15) is 0 Å². The first-order valence-corrected chi connectivity index (χ1v) is 7.64. The Balaban J connectivity index is 3.47. The predicted octanol–water partition coefficient (Wildman–Crippen LogP) is 2.56. The number of carbonyl (C=O) groups excluding carboxylic acids is 1. The molecule has 0 aliphatic rings. The Morgan fingerprint density at radius 3 is 2.50 bits per heavy atom. The Morgan fingerprint density at radius 2 is 2.08 bits per heavy atom. The van der Waals surface area contributed by atoms with Crippen LogP contribution in [0.2, 0.25) is 5.21 Å². The van der Waals surface area contributed by atoms with Gasteiger partial charge in [0.1, 0.15) is 0 Å². The van der Waals surface area contributed by atoms with Crippen molar-refractivity contribution in [3.8, 4) is 0 Å². The molecule has 0 bridgehead atoms. The molecular formula is C8H16AsBrO2. The van der Waals surface area contributed by atoms with Crippen molar-refractivity contribution in [2.75, 3.05) is 5.33 Å². The second-order valence-corrected chi connectivity index (χ2v) is 6.91. The summed E-state index contributed by atoms with van der Waals surface area (Å²) < 4.78 is 5.22. The molecule has 0 aliphatic heterocycles. The van der Waals surface area contributed by atoms with E-state index in [0.717, 1.165) is 17.0 Å².